The second kappa shape index (κ2) is 11.1. The Labute approximate surface area is 345 Å². The third-order valence-electron chi connectivity index (χ3n) is 14.3. The molecule has 0 unspecified atom stereocenters. The molecular formula is C58H34N2. The van der Waals surface area contributed by atoms with Crippen LogP contribution in [0, 0.1) is 0 Å². The van der Waals surface area contributed by atoms with Crippen molar-refractivity contribution in [2.24, 2.45) is 0 Å². The third-order valence-corrected chi connectivity index (χ3v) is 14.3. The van der Waals surface area contributed by atoms with Crippen LogP contribution in [0.5, 0.6) is 0 Å². The van der Waals surface area contributed by atoms with E-state index >= 15 is 0 Å². The van der Waals surface area contributed by atoms with E-state index in [0.717, 1.165) is 12.8 Å². The topological polar surface area (TPSA) is 9.86 Å². The second-order valence-electron chi connectivity index (χ2n) is 17.0. The number of rotatable bonds is 2. The molecule has 12 aromatic rings. The van der Waals surface area contributed by atoms with Gasteiger partial charge in [-0.15, -0.1) is 0 Å². The minimum atomic E-state index is 0.987. The monoisotopic (exact) mass is 758 g/mol. The molecule has 3 aliphatic carbocycles. The van der Waals surface area contributed by atoms with Crippen molar-refractivity contribution >= 4 is 65.2 Å². The van der Waals surface area contributed by atoms with Gasteiger partial charge in [0.05, 0.1) is 22.1 Å². The summed E-state index contributed by atoms with van der Waals surface area (Å²) < 4.78 is 5.06. The lowest BCUT2D eigenvalue weighted by Crippen LogP contribution is -2.05. The van der Waals surface area contributed by atoms with Crippen LogP contribution in [0.1, 0.15) is 11.1 Å². The van der Waals surface area contributed by atoms with Gasteiger partial charge >= 0.3 is 0 Å². The van der Waals surface area contributed by atoms with Crippen LogP contribution < -0.4 is 0 Å². The van der Waals surface area contributed by atoms with Gasteiger partial charge in [-0.3, -0.25) is 0 Å². The van der Waals surface area contributed by atoms with Crippen LogP contribution in [0.4, 0.5) is 0 Å². The Morgan fingerprint density at radius 2 is 0.783 bits per heavy atom. The van der Waals surface area contributed by atoms with E-state index in [4.69, 9.17) is 0 Å². The zero-order valence-electron chi connectivity index (χ0n) is 32.6. The molecule has 3 aliphatic rings. The molecular weight excluding hydrogens is 725 g/mol. The fourth-order valence-corrected chi connectivity index (χ4v) is 11.9. The summed E-state index contributed by atoms with van der Waals surface area (Å²) in [6.45, 7) is 0. The summed E-state index contributed by atoms with van der Waals surface area (Å²) in [6, 6.07) is 68.7. The van der Waals surface area contributed by atoms with Gasteiger partial charge in [-0.05, 0) is 156 Å². The van der Waals surface area contributed by atoms with Crippen molar-refractivity contribution < 1.29 is 0 Å². The first-order chi connectivity index (χ1) is 29.8. The first-order valence-electron chi connectivity index (χ1n) is 21.2. The van der Waals surface area contributed by atoms with Crippen LogP contribution in [0.15, 0.2) is 182 Å². The molecule has 0 amide bonds. The zero-order chi connectivity index (χ0) is 38.8. The highest BCUT2D eigenvalue weighted by Gasteiger charge is 2.30. The largest absolute Gasteiger partial charge is 0.309 e. The van der Waals surface area contributed by atoms with Gasteiger partial charge in [-0.25, -0.2) is 0 Å². The number of para-hydroxylation sites is 2. The Morgan fingerprint density at radius 3 is 1.40 bits per heavy atom. The van der Waals surface area contributed by atoms with Gasteiger partial charge in [-0.1, -0.05) is 127 Å². The molecule has 2 heterocycles. The van der Waals surface area contributed by atoms with E-state index in [1.165, 1.54) is 143 Å². The van der Waals surface area contributed by atoms with Gasteiger partial charge in [0, 0.05) is 32.9 Å². The maximum atomic E-state index is 2.56. The van der Waals surface area contributed by atoms with Gasteiger partial charge in [-0.2, -0.15) is 0 Å². The van der Waals surface area contributed by atoms with Crippen molar-refractivity contribution in [3.8, 4) is 67.0 Å². The van der Waals surface area contributed by atoms with Gasteiger partial charge < -0.3 is 9.13 Å². The second-order valence-corrected chi connectivity index (χ2v) is 17.0. The molecule has 0 aliphatic heterocycles. The molecule has 0 radical (unpaired) electrons. The summed E-state index contributed by atoms with van der Waals surface area (Å²) >= 11 is 0. The van der Waals surface area contributed by atoms with E-state index in [0.29, 0.717) is 0 Å². The Hall–Kier alpha value is -7.68. The standard InChI is InChI=1S/C58H34N2/c1-3-13-34(14-4-1)59-50-28-27-40-43(57(50)58-45-24-12-22-42-37-18-8-10-20-39(37)48(55(42)45)32-53(58)59)26-25-33-29-51-49(30-46(33)40)56-44-23-11-21-41-36-17-7-9-19-38(36)47(54(41)44)31-52(56)60(51)35-15-5-2-6-16-35/h1-24,27-32H,25-26H2. The molecule has 0 bridgehead atoms. The van der Waals surface area contributed by atoms with E-state index in [-0.39, 0.29) is 0 Å². The molecule has 2 nitrogen and oxygen atoms in total. The van der Waals surface area contributed by atoms with Gasteiger partial charge in [0.15, 0.2) is 0 Å². The molecule has 60 heavy (non-hydrogen) atoms. The van der Waals surface area contributed by atoms with E-state index in [1.54, 1.807) is 0 Å². The summed E-state index contributed by atoms with van der Waals surface area (Å²) in [7, 11) is 0. The summed E-state index contributed by atoms with van der Waals surface area (Å²) in [5, 5.41) is 10.8. The maximum Gasteiger partial charge on any atom is 0.0553 e. The number of hydrogen-bond acceptors (Lipinski definition) is 0. The van der Waals surface area contributed by atoms with Crippen molar-refractivity contribution in [1.82, 2.24) is 9.13 Å². The highest BCUT2D eigenvalue weighted by atomic mass is 15.0. The minimum absolute atomic E-state index is 0.987. The first kappa shape index (κ1) is 31.3. The number of aromatic nitrogens is 2. The lowest BCUT2D eigenvalue weighted by molar-refractivity contribution is 0.952. The molecule has 276 valence electrons. The molecule has 0 saturated heterocycles. The quantitative estimate of drug-likeness (QED) is 0.166. The Balaban J connectivity index is 1.07. The number of aryl methyl sites for hydroxylation is 2. The summed E-state index contributed by atoms with van der Waals surface area (Å²) in [6.07, 6.45) is 1.98. The van der Waals surface area contributed by atoms with E-state index in [9.17, 15) is 0 Å². The SMILES string of the molecule is c1ccc(-n2c3cc4c(cc3c3c5cccc6c5c(cc32)-c2ccccc2-6)-c2ccc3c(c2CC4)c2c4cccc5c4c(cc2n3-c2ccccc2)-c2ccccc2-5)cc1. The molecule has 0 atom stereocenters. The Morgan fingerprint density at radius 1 is 0.267 bits per heavy atom. The minimum Gasteiger partial charge on any atom is -0.309 e. The van der Waals surface area contributed by atoms with E-state index in [2.05, 4.69) is 191 Å². The number of benzene rings is 10. The fourth-order valence-electron chi connectivity index (χ4n) is 11.9. The van der Waals surface area contributed by atoms with Gasteiger partial charge in [0.1, 0.15) is 0 Å². The van der Waals surface area contributed by atoms with Crippen LogP contribution in [-0.4, -0.2) is 9.13 Å². The van der Waals surface area contributed by atoms with Crippen molar-refractivity contribution in [2.75, 3.05) is 0 Å². The molecule has 0 fully saturated rings. The van der Waals surface area contributed by atoms with Gasteiger partial charge in [0.2, 0.25) is 0 Å². The highest BCUT2D eigenvalue weighted by molar-refractivity contribution is 6.32. The highest BCUT2D eigenvalue weighted by Crippen LogP contribution is 2.55. The summed E-state index contributed by atoms with van der Waals surface area (Å²) in [4.78, 5) is 0. The van der Waals surface area contributed by atoms with Crippen molar-refractivity contribution in [3.63, 3.8) is 0 Å². The van der Waals surface area contributed by atoms with Crippen LogP contribution in [0.25, 0.3) is 132 Å². The van der Waals surface area contributed by atoms with E-state index in [1.807, 2.05) is 0 Å². The summed E-state index contributed by atoms with van der Waals surface area (Å²) in [5.74, 6) is 0. The Kier molecular flexibility index (Phi) is 5.78. The van der Waals surface area contributed by atoms with Crippen LogP contribution in [-0.2, 0) is 12.8 Å². The number of hydrogen-bond donors (Lipinski definition) is 0. The molecule has 0 saturated carbocycles. The van der Waals surface area contributed by atoms with Crippen molar-refractivity contribution in [3.05, 3.63) is 193 Å². The third kappa shape index (κ3) is 3.76. The molecule has 0 spiro atoms. The van der Waals surface area contributed by atoms with Crippen LogP contribution in [0.3, 0.4) is 0 Å². The van der Waals surface area contributed by atoms with Crippen molar-refractivity contribution in [1.29, 1.82) is 0 Å². The summed E-state index contributed by atoms with van der Waals surface area (Å²) in [5.41, 5.74) is 23.8. The van der Waals surface area contributed by atoms with Gasteiger partial charge in [0.25, 0.3) is 0 Å². The zero-order valence-corrected chi connectivity index (χ0v) is 32.6. The average molecular weight is 759 g/mol. The number of nitrogens with zero attached hydrogens (tertiary/aromatic N) is 2. The average Bonchev–Trinajstić information content (AvgIpc) is 4.03. The fraction of sp³-hybridized carbons (Fsp3) is 0.0345. The number of fused-ring (bicyclic) bond motifs is 18. The first-order valence-corrected chi connectivity index (χ1v) is 21.2. The van der Waals surface area contributed by atoms with Crippen LogP contribution >= 0.6 is 0 Å². The Bertz CT molecular complexity index is 3880. The molecule has 2 aromatic heterocycles. The smallest absolute Gasteiger partial charge is 0.0553 e. The van der Waals surface area contributed by atoms with E-state index < -0.39 is 0 Å². The predicted octanol–water partition coefficient (Wildman–Crippen LogP) is 15.2. The van der Waals surface area contributed by atoms with Crippen molar-refractivity contribution in [2.45, 2.75) is 12.8 Å². The predicted molar refractivity (Wildman–Crippen MR) is 252 cm³/mol. The molecule has 0 N–H and O–H groups in total. The normalized spacial score (nSPS) is 13.2. The van der Waals surface area contributed by atoms with Crippen LogP contribution in [0.2, 0.25) is 0 Å². The maximum absolute atomic E-state index is 2.56. The molecule has 15 rings (SSSR count). The lowest BCUT2D eigenvalue weighted by atomic mass is 9.82. The molecule has 10 aromatic carbocycles. The molecule has 2 heteroatoms. The lowest BCUT2D eigenvalue weighted by Gasteiger charge is -2.22.